The molecule has 11 heteroatoms. The number of morpholine rings is 1. The average molecular weight is 545 g/mol. The number of rotatable bonds is 6. The standard InChI is InChI=1S/C28H25FN6O3S/c29-20-3-5-21(6-4-20)31-27(37)33-28-32-24-16-19(2-8-25(24)39-28)18-1-7-23-22(15-18)26(36)35(17-30-23)10-9-34-11-13-38-14-12-34/h1-8,15-17H,9-14H2,(H2,31,32,33,37). The van der Waals surface area contributed by atoms with Crippen molar-refractivity contribution in [3.63, 3.8) is 0 Å². The van der Waals surface area contributed by atoms with Crippen LogP contribution in [0.15, 0.2) is 71.8 Å². The van der Waals surface area contributed by atoms with Gasteiger partial charge in [0.2, 0.25) is 0 Å². The first kappa shape index (κ1) is 25.1. The lowest BCUT2D eigenvalue weighted by molar-refractivity contribution is 0.0362. The average Bonchev–Trinajstić information content (AvgIpc) is 3.36. The van der Waals surface area contributed by atoms with E-state index in [-0.39, 0.29) is 11.4 Å². The van der Waals surface area contributed by atoms with Gasteiger partial charge in [-0.2, -0.15) is 0 Å². The van der Waals surface area contributed by atoms with Gasteiger partial charge in [0, 0.05) is 31.9 Å². The van der Waals surface area contributed by atoms with Crippen LogP contribution in [0.5, 0.6) is 0 Å². The molecule has 39 heavy (non-hydrogen) atoms. The van der Waals surface area contributed by atoms with E-state index in [1.165, 1.54) is 35.6 Å². The second-order valence-corrected chi connectivity index (χ2v) is 10.2. The fourth-order valence-corrected chi connectivity index (χ4v) is 5.37. The van der Waals surface area contributed by atoms with Gasteiger partial charge in [-0.05, 0) is 59.7 Å². The Morgan fingerprint density at radius 3 is 2.54 bits per heavy atom. The lowest BCUT2D eigenvalue weighted by atomic mass is 10.0. The molecule has 6 rings (SSSR count). The van der Waals surface area contributed by atoms with Crippen LogP contribution in [0, 0.1) is 5.82 Å². The first-order valence-electron chi connectivity index (χ1n) is 12.6. The number of ether oxygens (including phenoxy) is 1. The molecular formula is C28H25FN6O3S. The van der Waals surface area contributed by atoms with E-state index in [9.17, 15) is 14.0 Å². The number of nitrogens with one attached hydrogen (secondary N) is 2. The number of fused-ring (bicyclic) bond motifs is 2. The van der Waals surface area contributed by atoms with E-state index >= 15 is 0 Å². The van der Waals surface area contributed by atoms with Gasteiger partial charge in [-0.3, -0.25) is 19.6 Å². The van der Waals surface area contributed by atoms with Gasteiger partial charge in [-0.15, -0.1) is 0 Å². The highest BCUT2D eigenvalue weighted by atomic mass is 32.1. The summed E-state index contributed by atoms with van der Waals surface area (Å²) in [6, 6.07) is 16.6. The summed E-state index contributed by atoms with van der Waals surface area (Å²) in [7, 11) is 0. The molecule has 2 aromatic heterocycles. The fraction of sp³-hybridized carbons (Fsp3) is 0.214. The monoisotopic (exact) mass is 544 g/mol. The molecule has 0 spiro atoms. The maximum absolute atomic E-state index is 13.3. The molecule has 0 aliphatic carbocycles. The molecule has 0 unspecified atom stereocenters. The van der Waals surface area contributed by atoms with Crippen molar-refractivity contribution in [2.24, 2.45) is 0 Å². The van der Waals surface area contributed by atoms with Gasteiger partial charge in [0.15, 0.2) is 5.13 Å². The van der Waals surface area contributed by atoms with E-state index in [1.54, 1.807) is 10.9 Å². The predicted octanol–water partition coefficient (Wildman–Crippen LogP) is 4.79. The Labute approximate surface area is 226 Å². The number of amides is 2. The minimum absolute atomic E-state index is 0.0662. The number of benzene rings is 3. The van der Waals surface area contributed by atoms with Gasteiger partial charge in [0.1, 0.15) is 5.82 Å². The van der Waals surface area contributed by atoms with Gasteiger partial charge in [-0.1, -0.05) is 23.5 Å². The molecule has 5 aromatic rings. The molecule has 0 radical (unpaired) electrons. The molecule has 2 N–H and O–H groups in total. The van der Waals surface area contributed by atoms with Gasteiger partial charge in [0.05, 0.1) is 40.7 Å². The summed E-state index contributed by atoms with van der Waals surface area (Å²) in [5.74, 6) is -0.375. The Morgan fingerprint density at radius 1 is 0.949 bits per heavy atom. The quantitative estimate of drug-likeness (QED) is 0.319. The molecule has 0 bridgehead atoms. The molecule has 2 amide bonds. The number of aromatic nitrogens is 3. The minimum Gasteiger partial charge on any atom is -0.379 e. The zero-order valence-electron chi connectivity index (χ0n) is 20.9. The molecule has 1 saturated heterocycles. The van der Waals surface area contributed by atoms with Crippen molar-refractivity contribution in [1.29, 1.82) is 0 Å². The molecule has 0 atom stereocenters. The lowest BCUT2D eigenvalue weighted by Crippen LogP contribution is -2.39. The molecule has 1 aliphatic heterocycles. The normalized spacial score (nSPS) is 14.1. The number of carbonyl (C=O) groups is 1. The largest absolute Gasteiger partial charge is 0.379 e. The van der Waals surface area contributed by atoms with Gasteiger partial charge in [-0.25, -0.2) is 19.2 Å². The molecule has 198 valence electrons. The summed E-state index contributed by atoms with van der Waals surface area (Å²) in [6.07, 6.45) is 1.62. The maximum Gasteiger partial charge on any atom is 0.325 e. The van der Waals surface area contributed by atoms with Gasteiger partial charge < -0.3 is 10.1 Å². The SMILES string of the molecule is O=C(Nc1ccc(F)cc1)Nc1nc2cc(-c3ccc4ncn(CCN5CCOCC5)c(=O)c4c3)ccc2s1. The lowest BCUT2D eigenvalue weighted by Gasteiger charge is -2.26. The van der Waals surface area contributed by atoms with E-state index in [1.807, 2.05) is 36.4 Å². The Morgan fingerprint density at radius 2 is 1.72 bits per heavy atom. The van der Waals surface area contributed by atoms with E-state index in [0.717, 1.165) is 54.2 Å². The summed E-state index contributed by atoms with van der Waals surface area (Å²) in [5, 5.41) is 6.39. The van der Waals surface area contributed by atoms with E-state index < -0.39 is 6.03 Å². The third kappa shape index (κ3) is 5.65. The smallest absolute Gasteiger partial charge is 0.325 e. The van der Waals surface area contributed by atoms with Crippen molar-refractivity contribution >= 4 is 49.3 Å². The summed E-state index contributed by atoms with van der Waals surface area (Å²) in [6.45, 7) is 4.52. The highest BCUT2D eigenvalue weighted by molar-refractivity contribution is 7.22. The van der Waals surface area contributed by atoms with E-state index in [2.05, 4.69) is 25.5 Å². The topological polar surface area (TPSA) is 101 Å². The van der Waals surface area contributed by atoms with Gasteiger partial charge in [0.25, 0.3) is 5.56 Å². The number of carbonyl (C=O) groups excluding carboxylic acids is 1. The summed E-state index contributed by atoms with van der Waals surface area (Å²) in [5.41, 5.74) is 3.57. The molecule has 3 heterocycles. The van der Waals surface area contributed by atoms with Crippen LogP contribution in [0.4, 0.5) is 20.0 Å². The summed E-state index contributed by atoms with van der Waals surface area (Å²) < 4.78 is 21.1. The number of hydrogen-bond donors (Lipinski definition) is 2. The Hall–Kier alpha value is -4.19. The number of halogens is 1. The van der Waals surface area contributed by atoms with Crippen molar-refractivity contribution < 1.29 is 13.9 Å². The van der Waals surface area contributed by atoms with E-state index in [4.69, 9.17) is 4.74 Å². The van der Waals surface area contributed by atoms with Crippen LogP contribution in [0.3, 0.4) is 0 Å². The summed E-state index contributed by atoms with van der Waals surface area (Å²) in [4.78, 5) is 37.0. The molecule has 1 aliphatic rings. The first-order chi connectivity index (χ1) is 19.0. The Bertz CT molecular complexity index is 1710. The first-order valence-corrected chi connectivity index (χ1v) is 13.4. The molecular weight excluding hydrogens is 519 g/mol. The molecule has 1 fully saturated rings. The number of hydrogen-bond acceptors (Lipinski definition) is 7. The second kappa shape index (κ2) is 10.9. The Balaban J connectivity index is 1.20. The molecule has 9 nitrogen and oxygen atoms in total. The zero-order valence-corrected chi connectivity index (χ0v) is 21.7. The zero-order chi connectivity index (χ0) is 26.8. The minimum atomic E-state index is -0.465. The highest BCUT2D eigenvalue weighted by Gasteiger charge is 2.13. The fourth-order valence-electron chi connectivity index (χ4n) is 4.52. The van der Waals surface area contributed by atoms with Crippen LogP contribution in [-0.4, -0.2) is 58.3 Å². The van der Waals surface area contributed by atoms with Crippen LogP contribution in [0.1, 0.15) is 0 Å². The number of thiazole rings is 1. The van der Waals surface area contributed by atoms with Crippen LogP contribution in [0.25, 0.3) is 32.2 Å². The second-order valence-electron chi connectivity index (χ2n) is 9.22. The highest BCUT2D eigenvalue weighted by Crippen LogP contribution is 2.31. The number of nitrogens with zero attached hydrogens (tertiary/aromatic N) is 4. The van der Waals surface area contributed by atoms with Crippen molar-refractivity contribution in [3.8, 4) is 11.1 Å². The van der Waals surface area contributed by atoms with Crippen molar-refractivity contribution in [3.05, 3.63) is 83.2 Å². The van der Waals surface area contributed by atoms with Crippen LogP contribution < -0.4 is 16.2 Å². The van der Waals surface area contributed by atoms with E-state index in [0.29, 0.717) is 28.3 Å². The van der Waals surface area contributed by atoms with Crippen molar-refractivity contribution in [2.45, 2.75) is 6.54 Å². The van der Waals surface area contributed by atoms with Crippen molar-refractivity contribution in [1.82, 2.24) is 19.4 Å². The maximum atomic E-state index is 13.3. The predicted molar refractivity (Wildman–Crippen MR) is 151 cm³/mol. The molecule has 0 saturated carbocycles. The Kier molecular flexibility index (Phi) is 7.01. The number of urea groups is 1. The number of anilines is 2. The van der Waals surface area contributed by atoms with Crippen LogP contribution in [-0.2, 0) is 11.3 Å². The van der Waals surface area contributed by atoms with Gasteiger partial charge >= 0.3 is 6.03 Å². The van der Waals surface area contributed by atoms with Crippen LogP contribution >= 0.6 is 11.3 Å². The summed E-state index contributed by atoms with van der Waals surface area (Å²) >= 11 is 1.35. The third-order valence-electron chi connectivity index (χ3n) is 6.63. The van der Waals surface area contributed by atoms with Crippen molar-refractivity contribution in [2.75, 3.05) is 43.5 Å². The molecule has 3 aromatic carbocycles. The third-order valence-corrected chi connectivity index (χ3v) is 7.58. The van der Waals surface area contributed by atoms with Crippen LogP contribution in [0.2, 0.25) is 0 Å².